The summed E-state index contributed by atoms with van der Waals surface area (Å²) in [6, 6.07) is 7.33. The van der Waals surface area contributed by atoms with Gasteiger partial charge in [-0.15, -0.1) is 0 Å². The summed E-state index contributed by atoms with van der Waals surface area (Å²) in [7, 11) is -0.0994. The van der Waals surface area contributed by atoms with Crippen LogP contribution in [0, 0.1) is 0 Å². The third-order valence-electron chi connectivity index (χ3n) is 2.28. The average molecular weight is 259 g/mol. The van der Waals surface area contributed by atoms with Gasteiger partial charge in [-0.3, -0.25) is 0 Å². The summed E-state index contributed by atoms with van der Waals surface area (Å²) in [5.74, 6) is 0.712. The Morgan fingerprint density at radius 2 is 2.06 bits per heavy atom. The molecule has 0 aliphatic heterocycles. The fraction of sp³-hybridized carbons (Fsp3) is 0.455. The van der Waals surface area contributed by atoms with Crippen LogP contribution < -0.4 is 9.46 Å². The van der Waals surface area contributed by atoms with E-state index in [1.165, 1.54) is 7.11 Å². The monoisotopic (exact) mass is 259 g/mol. The molecular weight excluding hydrogens is 242 g/mol. The van der Waals surface area contributed by atoms with Crippen LogP contribution in [0.25, 0.3) is 0 Å². The highest BCUT2D eigenvalue weighted by Gasteiger charge is 2.13. The summed E-state index contributed by atoms with van der Waals surface area (Å²) < 4.78 is 34.8. The molecule has 0 aromatic heterocycles. The Kier molecular flexibility index (Phi) is 4.92. The molecule has 6 heteroatoms. The molecule has 0 bridgehead atoms. The molecular formula is C11H17NO4S. The topological polar surface area (TPSA) is 64.6 Å². The van der Waals surface area contributed by atoms with Crippen LogP contribution in [0.4, 0.5) is 0 Å². The van der Waals surface area contributed by atoms with E-state index in [2.05, 4.69) is 4.72 Å². The zero-order valence-electron chi connectivity index (χ0n) is 10.1. The third kappa shape index (κ3) is 4.72. The van der Waals surface area contributed by atoms with Crippen molar-refractivity contribution in [3.05, 3.63) is 29.8 Å². The lowest BCUT2D eigenvalue weighted by Crippen LogP contribution is -2.28. The van der Waals surface area contributed by atoms with Crippen LogP contribution in [-0.4, -0.2) is 35.4 Å². The van der Waals surface area contributed by atoms with Crippen molar-refractivity contribution in [2.24, 2.45) is 0 Å². The van der Waals surface area contributed by atoms with Crippen LogP contribution in [0.1, 0.15) is 11.7 Å². The maximum atomic E-state index is 11.0. The van der Waals surface area contributed by atoms with Gasteiger partial charge in [-0.05, 0) is 17.7 Å². The predicted molar refractivity (Wildman–Crippen MR) is 65.6 cm³/mol. The number of benzene rings is 1. The first-order valence-electron chi connectivity index (χ1n) is 5.07. The first-order valence-corrected chi connectivity index (χ1v) is 6.97. The van der Waals surface area contributed by atoms with E-state index in [1.807, 2.05) is 24.3 Å². The molecule has 0 aliphatic rings. The van der Waals surface area contributed by atoms with Gasteiger partial charge >= 0.3 is 0 Å². The van der Waals surface area contributed by atoms with E-state index in [-0.39, 0.29) is 12.6 Å². The van der Waals surface area contributed by atoms with Crippen LogP contribution in [0.2, 0.25) is 0 Å². The van der Waals surface area contributed by atoms with Crippen molar-refractivity contribution in [3.63, 3.8) is 0 Å². The third-order valence-corrected chi connectivity index (χ3v) is 2.97. The van der Waals surface area contributed by atoms with E-state index in [1.54, 1.807) is 7.11 Å². The molecule has 1 rings (SSSR count). The van der Waals surface area contributed by atoms with E-state index in [0.717, 1.165) is 11.8 Å². The smallest absolute Gasteiger partial charge is 0.208 e. The van der Waals surface area contributed by atoms with Crippen molar-refractivity contribution in [2.45, 2.75) is 6.10 Å². The molecule has 1 atom stereocenters. The number of rotatable bonds is 6. The summed E-state index contributed by atoms with van der Waals surface area (Å²) in [6.07, 6.45) is 0.783. The van der Waals surface area contributed by atoms with Gasteiger partial charge in [-0.1, -0.05) is 12.1 Å². The highest BCUT2D eigenvalue weighted by atomic mass is 32.2. The lowest BCUT2D eigenvalue weighted by atomic mass is 10.1. The Morgan fingerprint density at radius 1 is 1.35 bits per heavy atom. The van der Waals surface area contributed by atoms with Crippen LogP contribution in [0.15, 0.2) is 24.3 Å². The second-order valence-corrected chi connectivity index (χ2v) is 5.45. The quantitative estimate of drug-likeness (QED) is 0.825. The highest BCUT2D eigenvalue weighted by molar-refractivity contribution is 7.88. The van der Waals surface area contributed by atoms with Crippen LogP contribution in [-0.2, 0) is 14.8 Å². The Hall–Kier alpha value is -1.11. The molecule has 0 amide bonds. The zero-order chi connectivity index (χ0) is 12.9. The molecule has 0 fully saturated rings. The molecule has 1 aromatic rings. The van der Waals surface area contributed by atoms with Gasteiger partial charge in [0.1, 0.15) is 5.75 Å². The summed E-state index contributed by atoms with van der Waals surface area (Å²) in [6.45, 7) is 0.197. The van der Waals surface area contributed by atoms with Gasteiger partial charge in [-0.25, -0.2) is 13.1 Å². The van der Waals surface area contributed by atoms with Crippen molar-refractivity contribution in [1.29, 1.82) is 0 Å². The van der Waals surface area contributed by atoms with Crippen molar-refractivity contribution in [2.75, 3.05) is 27.0 Å². The minimum Gasteiger partial charge on any atom is -0.497 e. The van der Waals surface area contributed by atoms with Gasteiger partial charge in [-0.2, -0.15) is 0 Å². The molecule has 0 spiro atoms. The molecule has 0 aliphatic carbocycles. The summed E-state index contributed by atoms with van der Waals surface area (Å²) in [4.78, 5) is 0. The number of sulfonamides is 1. The molecule has 0 saturated heterocycles. The summed E-state index contributed by atoms with van der Waals surface area (Å²) in [5, 5.41) is 0. The molecule has 0 saturated carbocycles. The largest absolute Gasteiger partial charge is 0.497 e. The molecule has 96 valence electrons. The number of nitrogens with one attached hydrogen (secondary N) is 1. The fourth-order valence-corrected chi connectivity index (χ4v) is 1.86. The van der Waals surface area contributed by atoms with Crippen LogP contribution >= 0.6 is 0 Å². The normalized spacial score (nSPS) is 13.4. The molecule has 0 heterocycles. The lowest BCUT2D eigenvalue weighted by molar-refractivity contribution is 0.107. The molecule has 17 heavy (non-hydrogen) atoms. The van der Waals surface area contributed by atoms with Crippen molar-refractivity contribution in [3.8, 4) is 5.75 Å². The second-order valence-electron chi connectivity index (χ2n) is 3.62. The Bertz CT molecular complexity index is 458. The maximum Gasteiger partial charge on any atom is 0.208 e. The van der Waals surface area contributed by atoms with E-state index in [4.69, 9.17) is 9.47 Å². The van der Waals surface area contributed by atoms with E-state index < -0.39 is 10.0 Å². The minimum absolute atomic E-state index is 0.197. The lowest BCUT2D eigenvalue weighted by Gasteiger charge is -2.16. The van der Waals surface area contributed by atoms with Crippen molar-refractivity contribution in [1.82, 2.24) is 4.72 Å². The van der Waals surface area contributed by atoms with Gasteiger partial charge in [0.15, 0.2) is 0 Å². The van der Waals surface area contributed by atoms with Gasteiger partial charge in [0.05, 0.1) is 19.5 Å². The predicted octanol–water partition coefficient (Wildman–Crippen LogP) is 0.932. The van der Waals surface area contributed by atoms with Gasteiger partial charge < -0.3 is 9.47 Å². The SMILES string of the molecule is COc1cccc([C@H](CNS(C)(=O)=O)OC)c1. The Labute approximate surface area is 102 Å². The zero-order valence-corrected chi connectivity index (χ0v) is 11.0. The van der Waals surface area contributed by atoms with Gasteiger partial charge in [0.25, 0.3) is 0 Å². The maximum absolute atomic E-state index is 11.0. The minimum atomic E-state index is -3.21. The molecule has 0 unspecified atom stereocenters. The molecule has 5 nitrogen and oxygen atoms in total. The summed E-state index contributed by atoms with van der Waals surface area (Å²) >= 11 is 0. The molecule has 0 radical (unpaired) electrons. The van der Waals surface area contributed by atoms with Crippen LogP contribution in [0.3, 0.4) is 0 Å². The molecule has 1 aromatic carbocycles. The standard InChI is InChI=1S/C11H17NO4S/c1-15-10-6-4-5-9(7-10)11(16-2)8-12-17(3,13)14/h4-7,11-12H,8H2,1-3H3/t11-/m0/s1. The Morgan fingerprint density at radius 3 is 2.59 bits per heavy atom. The summed E-state index contributed by atoms with van der Waals surface area (Å²) in [5.41, 5.74) is 0.864. The number of hydrogen-bond donors (Lipinski definition) is 1. The number of methoxy groups -OCH3 is 2. The van der Waals surface area contributed by atoms with E-state index >= 15 is 0 Å². The first-order chi connectivity index (χ1) is 7.96. The van der Waals surface area contributed by atoms with Crippen molar-refractivity contribution < 1.29 is 17.9 Å². The second kappa shape index (κ2) is 6.00. The van der Waals surface area contributed by atoms with Gasteiger partial charge in [0.2, 0.25) is 10.0 Å². The first kappa shape index (κ1) is 14.0. The molecule has 1 N–H and O–H groups in total. The highest BCUT2D eigenvalue weighted by Crippen LogP contribution is 2.20. The van der Waals surface area contributed by atoms with E-state index in [0.29, 0.717) is 5.75 Å². The Balaban J connectivity index is 2.78. The fourth-order valence-electron chi connectivity index (χ4n) is 1.41. The van der Waals surface area contributed by atoms with Crippen molar-refractivity contribution >= 4 is 10.0 Å². The van der Waals surface area contributed by atoms with Gasteiger partial charge in [0, 0.05) is 13.7 Å². The number of ether oxygens (including phenoxy) is 2. The van der Waals surface area contributed by atoms with Crippen LogP contribution in [0.5, 0.6) is 5.75 Å². The average Bonchev–Trinajstić information content (AvgIpc) is 2.29. The number of hydrogen-bond acceptors (Lipinski definition) is 4. The van der Waals surface area contributed by atoms with E-state index in [9.17, 15) is 8.42 Å².